The summed E-state index contributed by atoms with van der Waals surface area (Å²) < 4.78 is 0. The first-order chi connectivity index (χ1) is 14.1. The summed E-state index contributed by atoms with van der Waals surface area (Å²) in [6.45, 7) is 4.68. The van der Waals surface area contributed by atoms with Gasteiger partial charge >= 0.3 is 0 Å². The highest BCUT2D eigenvalue weighted by atomic mass is 35.5. The Labute approximate surface area is 175 Å². The number of fused-ring (bicyclic) bond motifs is 1. The second-order valence-electron chi connectivity index (χ2n) is 7.08. The minimum absolute atomic E-state index is 0.0438. The van der Waals surface area contributed by atoms with Crippen molar-refractivity contribution in [3.63, 3.8) is 0 Å². The molecule has 0 radical (unpaired) electrons. The smallest absolute Gasteiger partial charge is 0.196 e. The van der Waals surface area contributed by atoms with Gasteiger partial charge in [0.05, 0.1) is 5.69 Å². The average molecular weight is 407 g/mol. The highest BCUT2D eigenvalue weighted by molar-refractivity contribution is 6.38. The van der Waals surface area contributed by atoms with Crippen LogP contribution in [0.5, 0.6) is 0 Å². The Morgan fingerprint density at radius 3 is 2.34 bits per heavy atom. The topological polar surface area (TPSA) is 47.9 Å². The quantitative estimate of drug-likeness (QED) is 0.390. The van der Waals surface area contributed by atoms with Gasteiger partial charge < -0.3 is 9.80 Å². The molecule has 1 heterocycles. The van der Waals surface area contributed by atoms with Gasteiger partial charge in [-0.05, 0) is 35.7 Å². The largest absolute Gasteiger partial charge is 0.368 e. The molecule has 0 saturated carbocycles. The van der Waals surface area contributed by atoms with Crippen molar-refractivity contribution < 1.29 is 4.79 Å². The van der Waals surface area contributed by atoms with Gasteiger partial charge in [0, 0.05) is 49.2 Å². The number of halogens is 1. The average Bonchev–Trinajstić information content (AvgIpc) is 2.75. The molecule has 0 unspecified atom stereocenters. The maximum Gasteiger partial charge on any atom is 0.196 e. The zero-order chi connectivity index (χ0) is 20.2. The number of rotatable bonds is 4. The van der Waals surface area contributed by atoms with Crippen LogP contribution in [0.2, 0.25) is 5.02 Å². The molecule has 1 fully saturated rings. The van der Waals surface area contributed by atoms with Crippen LogP contribution in [0.3, 0.4) is 0 Å². The summed E-state index contributed by atoms with van der Waals surface area (Å²) in [5, 5.41) is 7.43. The lowest BCUT2D eigenvalue weighted by Crippen LogP contribution is -2.50. The van der Waals surface area contributed by atoms with Crippen molar-refractivity contribution in [3.8, 4) is 0 Å². The van der Waals surface area contributed by atoms with Crippen LogP contribution in [-0.2, 0) is 4.79 Å². The number of benzene rings is 3. The van der Waals surface area contributed by atoms with Crippen LogP contribution in [0.25, 0.3) is 10.8 Å². The zero-order valence-electron chi connectivity index (χ0n) is 16.3. The lowest BCUT2D eigenvalue weighted by molar-refractivity contribution is -0.111. The van der Waals surface area contributed by atoms with Crippen LogP contribution in [0, 0.1) is 0 Å². The number of nitrogens with one attached hydrogen (secondary N) is 1. The fourth-order valence-electron chi connectivity index (χ4n) is 3.64. The molecule has 1 aliphatic heterocycles. The van der Waals surface area contributed by atoms with Gasteiger partial charge in [-0.25, -0.2) is 0 Å². The van der Waals surface area contributed by atoms with Gasteiger partial charge in [0.15, 0.2) is 11.6 Å². The van der Waals surface area contributed by atoms with Gasteiger partial charge in [-0.3, -0.25) is 10.2 Å². The maximum atomic E-state index is 12.3. The minimum atomic E-state index is -0.0438. The van der Waals surface area contributed by atoms with E-state index in [9.17, 15) is 4.79 Å². The van der Waals surface area contributed by atoms with E-state index < -0.39 is 0 Å². The molecular formula is C23H23ClN4O. The highest BCUT2D eigenvalue weighted by Gasteiger charge is 2.22. The van der Waals surface area contributed by atoms with Gasteiger partial charge in [0.1, 0.15) is 0 Å². The molecule has 5 nitrogen and oxygen atoms in total. The number of nitrogens with zero attached hydrogens (tertiary/aromatic N) is 3. The molecule has 3 aromatic rings. The molecule has 6 heteroatoms. The van der Waals surface area contributed by atoms with E-state index in [1.54, 1.807) is 6.92 Å². The molecule has 0 spiro atoms. The second-order valence-corrected chi connectivity index (χ2v) is 7.52. The van der Waals surface area contributed by atoms with Crippen LogP contribution in [0.4, 0.5) is 11.4 Å². The number of carbonyl (C=O) groups is 1. The SMILES string of the molecule is CC(=O)/C(=N\Nc1cccc2ccccc12)N1CCN(c2ccc(Cl)cc2)CC1. The number of piperazine rings is 1. The van der Waals surface area contributed by atoms with Gasteiger partial charge in [-0.15, -0.1) is 0 Å². The first-order valence-electron chi connectivity index (χ1n) is 9.70. The molecule has 4 rings (SSSR count). The fourth-order valence-corrected chi connectivity index (χ4v) is 3.76. The molecule has 1 N–H and O–H groups in total. The van der Waals surface area contributed by atoms with Crippen LogP contribution in [0.1, 0.15) is 6.92 Å². The predicted octanol–water partition coefficient (Wildman–Crippen LogP) is 4.63. The molecule has 1 saturated heterocycles. The van der Waals surface area contributed by atoms with E-state index in [-0.39, 0.29) is 5.78 Å². The summed E-state index contributed by atoms with van der Waals surface area (Å²) in [7, 11) is 0. The first-order valence-corrected chi connectivity index (χ1v) is 10.1. The molecule has 0 aromatic heterocycles. The van der Waals surface area contributed by atoms with Gasteiger partial charge in [0.25, 0.3) is 0 Å². The third-order valence-corrected chi connectivity index (χ3v) is 5.41. The summed E-state index contributed by atoms with van der Waals surface area (Å²) in [6.07, 6.45) is 0. The number of hydrogen-bond acceptors (Lipinski definition) is 4. The Hall–Kier alpha value is -3.05. The van der Waals surface area contributed by atoms with Crippen LogP contribution in [-0.4, -0.2) is 42.7 Å². The molecule has 3 aromatic carbocycles. The Morgan fingerprint density at radius 2 is 1.62 bits per heavy atom. The van der Waals surface area contributed by atoms with Crippen molar-refractivity contribution in [1.82, 2.24) is 4.90 Å². The van der Waals surface area contributed by atoms with E-state index in [2.05, 4.69) is 27.6 Å². The van der Waals surface area contributed by atoms with Crippen molar-refractivity contribution in [1.29, 1.82) is 0 Å². The second kappa shape index (κ2) is 8.53. The molecule has 0 bridgehead atoms. The van der Waals surface area contributed by atoms with E-state index in [1.165, 1.54) is 0 Å². The third-order valence-electron chi connectivity index (χ3n) is 5.16. The van der Waals surface area contributed by atoms with Crippen LogP contribution in [0.15, 0.2) is 71.8 Å². The lowest BCUT2D eigenvalue weighted by Gasteiger charge is -2.37. The fraction of sp³-hybridized carbons (Fsp3) is 0.217. The Bertz CT molecular complexity index is 1030. The number of amidine groups is 1. The zero-order valence-corrected chi connectivity index (χ0v) is 17.1. The molecule has 1 aliphatic rings. The maximum absolute atomic E-state index is 12.3. The molecule has 29 heavy (non-hydrogen) atoms. The van der Waals surface area contributed by atoms with Crippen molar-refractivity contribution >= 4 is 45.4 Å². The lowest BCUT2D eigenvalue weighted by atomic mass is 10.1. The number of carbonyl (C=O) groups excluding carboxylic acids is 1. The number of ketones is 1. The van der Waals surface area contributed by atoms with Crippen LogP contribution < -0.4 is 10.3 Å². The predicted molar refractivity (Wildman–Crippen MR) is 121 cm³/mol. The van der Waals surface area contributed by atoms with Crippen molar-refractivity contribution in [2.45, 2.75) is 6.92 Å². The number of hydrazone groups is 1. The molecule has 0 atom stereocenters. The van der Waals surface area contributed by atoms with E-state index in [1.807, 2.05) is 59.5 Å². The molecule has 148 valence electrons. The first kappa shape index (κ1) is 19.3. The van der Waals surface area contributed by atoms with E-state index in [0.29, 0.717) is 5.84 Å². The molecular weight excluding hydrogens is 384 g/mol. The summed E-state index contributed by atoms with van der Waals surface area (Å²) in [4.78, 5) is 16.6. The molecule has 0 amide bonds. The number of anilines is 2. The van der Waals surface area contributed by atoms with E-state index in [4.69, 9.17) is 11.6 Å². The summed E-state index contributed by atoms with van der Waals surface area (Å²) in [5.41, 5.74) is 5.15. The normalized spacial score (nSPS) is 14.9. The number of hydrogen-bond donors (Lipinski definition) is 1. The summed E-state index contributed by atoms with van der Waals surface area (Å²) >= 11 is 5.98. The summed E-state index contributed by atoms with van der Waals surface area (Å²) in [5.74, 6) is 0.423. The Kier molecular flexibility index (Phi) is 5.67. The van der Waals surface area contributed by atoms with Gasteiger partial charge in [0.2, 0.25) is 0 Å². The Morgan fingerprint density at radius 1 is 0.931 bits per heavy atom. The van der Waals surface area contributed by atoms with E-state index in [0.717, 1.165) is 53.3 Å². The monoisotopic (exact) mass is 406 g/mol. The standard InChI is InChI=1S/C23H23ClN4O/c1-17(29)23(26-25-22-8-4-6-18-5-2-3-7-21(18)22)28-15-13-27(14-16-28)20-11-9-19(24)10-12-20/h2-12,25H,13-16H2,1H3/b26-23+. The number of Topliss-reactive ketones (excluding diaryl/α,β-unsaturated/α-hetero) is 1. The third kappa shape index (κ3) is 4.35. The van der Waals surface area contributed by atoms with E-state index >= 15 is 0 Å². The highest BCUT2D eigenvalue weighted by Crippen LogP contribution is 2.23. The van der Waals surface area contributed by atoms with Gasteiger partial charge in [-0.1, -0.05) is 48.0 Å². The van der Waals surface area contributed by atoms with Gasteiger partial charge in [-0.2, -0.15) is 5.10 Å². The summed E-state index contributed by atoms with van der Waals surface area (Å²) in [6, 6.07) is 22.0. The Balaban J connectivity index is 1.48. The minimum Gasteiger partial charge on any atom is -0.368 e. The molecule has 0 aliphatic carbocycles. The van der Waals surface area contributed by atoms with Crippen LogP contribution >= 0.6 is 11.6 Å². The van der Waals surface area contributed by atoms with Crippen molar-refractivity contribution in [2.24, 2.45) is 5.10 Å². The van der Waals surface area contributed by atoms with Crippen molar-refractivity contribution in [3.05, 3.63) is 71.8 Å². The van der Waals surface area contributed by atoms with Crippen molar-refractivity contribution in [2.75, 3.05) is 36.5 Å².